The molecule has 6 atom stereocenters. The summed E-state index contributed by atoms with van der Waals surface area (Å²) in [6, 6.07) is 0. The van der Waals surface area contributed by atoms with Gasteiger partial charge in [-0.3, -0.25) is 38.6 Å². The van der Waals surface area contributed by atoms with E-state index in [1.165, 1.54) is 6.92 Å². The van der Waals surface area contributed by atoms with E-state index in [9.17, 15) is 28.8 Å². The van der Waals surface area contributed by atoms with Gasteiger partial charge in [0.25, 0.3) is 0 Å². The van der Waals surface area contributed by atoms with Gasteiger partial charge in [0, 0.05) is 12.8 Å². The van der Waals surface area contributed by atoms with Gasteiger partial charge >= 0.3 is 0 Å². The Morgan fingerprint density at radius 2 is 1.31 bits per heavy atom. The lowest BCUT2D eigenvalue weighted by Gasteiger charge is -2.27. The number of carbonyl (C=O) groups is 6. The first kappa shape index (κ1) is 22.4. The molecular weight excluding hydrogens is 416 g/mol. The smallest absolute Gasteiger partial charge is 0.234 e. The SMILES string of the molecule is CC(=O)NCNC(=O)C1CCC2C(=O)N(CN3C(=O)C4CCC(C)CC4C3=O)C(=O)C2C1. The molecule has 0 radical (unpaired) electrons. The molecule has 4 rings (SSSR count). The van der Waals surface area contributed by atoms with Gasteiger partial charge in [-0.15, -0.1) is 0 Å². The number of nitrogens with zero attached hydrogens (tertiary/aromatic N) is 2. The number of rotatable bonds is 5. The molecule has 6 unspecified atom stereocenters. The van der Waals surface area contributed by atoms with Crippen LogP contribution in [0, 0.1) is 35.5 Å². The highest BCUT2D eigenvalue weighted by molar-refractivity contribution is 6.08. The van der Waals surface area contributed by atoms with Crippen molar-refractivity contribution in [2.24, 2.45) is 35.5 Å². The van der Waals surface area contributed by atoms with Crippen molar-refractivity contribution in [3.63, 3.8) is 0 Å². The maximum Gasteiger partial charge on any atom is 0.234 e. The molecule has 0 aromatic heterocycles. The summed E-state index contributed by atoms with van der Waals surface area (Å²) in [6.45, 7) is 3.11. The molecule has 2 aliphatic carbocycles. The van der Waals surface area contributed by atoms with Crippen LogP contribution in [0.15, 0.2) is 0 Å². The van der Waals surface area contributed by atoms with Crippen molar-refractivity contribution in [2.45, 2.75) is 52.4 Å². The van der Waals surface area contributed by atoms with Crippen LogP contribution in [-0.4, -0.2) is 58.6 Å². The van der Waals surface area contributed by atoms with Gasteiger partial charge in [0.15, 0.2) is 0 Å². The molecule has 10 nitrogen and oxygen atoms in total. The number of fused-ring (bicyclic) bond motifs is 2. The highest BCUT2D eigenvalue weighted by atomic mass is 16.2. The summed E-state index contributed by atoms with van der Waals surface area (Å²) in [5, 5.41) is 5.11. The molecule has 10 heteroatoms. The molecule has 2 heterocycles. The Hall–Kier alpha value is -2.78. The summed E-state index contributed by atoms with van der Waals surface area (Å²) in [4.78, 5) is 77.2. The fourth-order valence-electron chi connectivity index (χ4n) is 5.76. The number of imide groups is 2. The lowest BCUT2D eigenvalue weighted by Crippen LogP contribution is -2.45. The van der Waals surface area contributed by atoms with Crippen molar-refractivity contribution in [2.75, 3.05) is 13.3 Å². The van der Waals surface area contributed by atoms with Gasteiger partial charge in [0.1, 0.15) is 6.67 Å². The minimum Gasteiger partial charge on any atom is -0.339 e. The van der Waals surface area contributed by atoms with E-state index >= 15 is 0 Å². The fourth-order valence-corrected chi connectivity index (χ4v) is 5.76. The summed E-state index contributed by atoms with van der Waals surface area (Å²) in [5.74, 6) is -3.75. The molecule has 32 heavy (non-hydrogen) atoms. The standard InChI is InChI=1S/C22H30N4O6/c1-11-3-5-14-16(7-11)21(31)25(19(14)29)10-26-20(30)15-6-4-13(8-17(15)22(26)32)18(28)24-9-23-12(2)27/h11,13-17H,3-10H2,1-2H3,(H,23,27)(H,24,28). The average Bonchev–Trinajstić information content (AvgIpc) is 3.13. The van der Waals surface area contributed by atoms with E-state index in [-0.39, 0.29) is 61.1 Å². The summed E-state index contributed by atoms with van der Waals surface area (Å²) in [6.07, 6.45) is 3.31. The normalized spacial score (nSPS) is 34.4. The Morgan fingerprint density at radius 3 is 1.91 bits per heavy atom. The highest BCUT2D eigenvalue weighted by Gasteiger charge is 2.55. The molecule has 2 saturated heterocycles. The first-order valence-electron chi connectivity index (χ1n) is 11.4. The van der Waals surface area contributed by atoms with Crippen molar-refractivity contribution in [3.8, 4) is 0 Å². The molecule has 4 aliphatic rings. The number of likely N-dealkylation sites (tertiary alicyclic amines) is 2. The van der Waals surface area contributed by atoms with Crippen molar-refractivity contribution >= 4 is 35.4 Å². The lowest BCUT2D eigenvalue weighted by atomic mass is 9.75. The minimum atomic E-state index is -0.622. The van der Waals surface area contributed by atoms with E-state index in [1.54, 1.807) is 0 Å². The Kier molecular flexibility index (Phi) is 6.05. The highest BCUT2D eigenvalue weighted by Crippen LogP contribution is 2.43. The first-order valence-corrected chi connectivity index (χ1v) is 11.4. The maximum absolute atomic E-state index is 13.1. The van der Waals surface area contributed by atoms with Gasteiger partial charge in [-0.05, 0) is 44.4 Å². The van der Waals surface area contributed by atoms with E-state index in [1.807, 2.05) is 0 Å². The summed E-state index contributed by atoms with van der Waals surface area (Å²) >= 11 is 0. The molecule has 2 aliphatic heterocycles. The number of hydrogen-bond donors (Lipinski definition) is 2. The van der Waals surface area contributed by atoms with E-state index in [0.717, 1.165) is 16.2 Å². The van der Waals surface area contributed by atoms with Gasteiger partial charge in [0.05, 0.1) is 30.3 Å². The summed E-state index contributed by atoms with van der Waals surface area (Å²) in [5.41, 5.74) is 0. The second-order valence-corrected chi connectivity index (χ2v) is 9.66. The zero-order valence-electron chi connectivity index (χ0n) is 18.5. The van der Waals surface area contributed by atoms with Gasteiger partial charge in [-0.2, -0.15) is 0 Å². The molecule has 174 valence electrons. The molecule has 2 saturated carbocycles. The summed E-state index contributed by atoms with van der Waals surface area (Å²) in [7, 11) is 0. The zero-order valence-corrected chi connectivity index (χ0v) is 18.5. The predicted octanol–water partition coefficient (Wildman–Crippen LogP) is -0.0238. The second kappa shape index (κ2) is 8.63. The number of carbonyl (C=O) groups excluding carboxylic acids is 6. The molecule has 0 aromatic carbocycles. The Labute approximate surface area is 186 Å². The third kappa shape index (κ3) is 3.91. The van der Waals surface area contributed by atoms with Crippen LogP contribution < -0.4 is 10.6 Å². The van der Waals surface area contributed by atoms with Crippen LogP contribution in [0.4, 0.5) is 0 Å². The molecule has 2 N–H and O–H groups in total. The van der Waals surface area contributed by atoms with E-state index < -0.39 is 23.7 Å². The molecule has 4 fully saturated rings. The van der Waals surface area contributed by atoms with Crippen LogP contribution in [-0.2, 0) is 28.8 Å². The fraction of sp³-hybridized carbons (Fsp3) is 0.727. The molecule has 0 spiro atoms. The van der Waals surface area contributed by atoms with Crippen molar-refractivity contribution in [1.29, 1.82) is 0 Å². The lowest BCUT2D eigenvalue weighted by molar-refractivity contribution is -0.149. The molecule has 0 aromatic rings. The third-order valence-electron chi connectivity index (χ3n) is 7.55. The van der Waals surface area contributed by atoms with Crippen molar-refractivity contribution < 1.29 is 28.8 Å². The van der Waals surface area contributed by atoms with Crippen molar-refractivity contribution in [1.82, 2.24) is 20.4 Å². The van der Waals surface area contributed by atoms with Crippen LogP contribution in [0.1, 0.15) is 52.4 Å². The van der Waals surface area contributed by atoms with Crippen LogP contribution in [0.2, 0.25) is 0 Å². The quantitative estimate of drug-likeness (QED) is 0.450. The van der Waals surface area contributed by atoms with Gasteiger partial charge in [-0.25, -0.2) is 0 Å². The Morgan fingerprint density at radius 1 is 0.781 bits per heavy atom. The third-order valence-corrected chi connectivity index (χ3v) is 7.55. The average molecular weight is 447 g/mol. The number of nitrogens with one attached hydrogen (secondary N) is 2. The second-order valence-electron chi connectivity index (χ2n) is 9.66. The van der Waals surface area contributed by atoms with Crippen LogP contribution in [0.5, 0.6) is 0 Å². The Balaban J connectivity index is 1.40. The topological polar surface area (TPSA) is 133 Å². The Bertz CT molecular complexity index is 872. The van der Waals surface area contributed by atoms with Gasteiger partial charge < -0.3 is 10.6 Å². The van der Waals surface area contributed by atoms with Crippen molar-refractivity contribution in [3.05, 3.63) is 0 Å². The summed E-state index contributed by atoms with van der Waals surface area (Å²) < 4.78 is 0. The van der Waals surface area contributed by atoms with Gasteiger partial charge in [-0.1, -0.05) is 6.92 Å². The monoisotopic (exact) mass is 446 g/mol. The van der Waals surface area contributed by atoms with E-state index in [4.69, 9.17) is 0 Å². The number of hydrogen-bond acceptors (Lipinski definition) is 6. The molecular formula is C22H30N4O6. The van der Waals surface area contributed by atoms with Crippen LogP contribution in [0.3, 0.4) is 0 Å². The van der Waals surface area contributed by atoms with Gasteiger partial charge in [0.2, 0.25) is 35.4 Å². The molecule has 6 amide bonds. The van der Waals surface area contributed by atoms with Crippen LogP contribution >= 0.6 is 0 Å². The largest absolute Gasteiger partial charge is 0.339 e. The predicted molar refractivity (Wildman–Crippen MR) is 110 cm³/mol. The minimum absolute atomic E-state index is 0.0118. The van der Waals surface area contributed by atoms with Crippen LogP contribution in [0.25, 0.3) is 0 Å². The number of amides is 6. The maximum atomic E-state index is 13.1. The van der Waals surface area contributed by atoms with E-state index in [2.05, 4.69) is 17.6 Å². The zero-order chi connectivity index (χ0) is 23.2. The first-order chi connectivity index (χ1) is 15.2. The molecule has 0 bridgehead atoms. The van der Waals surface area contributed by atoms with E-state index in [0.29, 0.717) is 31.6 Å².